The lowest BCUT2D eigenvalue weighted by Crippen LogP contribution is -2.27. The number of aromatic carboxylic acids is 1. The third-order valence-corrected chi connectivity index (χ3v) is 6.19. The molecule has 166 valence electrons. The van der Waals surface area contributed by atoms with E-state index in [4.69, 9.17) is 9.84 Å². The first-order chi connectivity index (χ1) is 15.2. The van der Waals surface area contributed by atoms with E-state index in [2.05, 4.69) is 0 Å². The third-order valence-electron chi connectivity index (χ3n) is 4.88. The lowest BCUT2D eigenvalue weighted by Gasteiger charge is -2.22. The molecule has 0 radical (unpaired) electrons. The van der Waals surface area contributed by atoms with Gasteiger partial charge in [0.15, 0.2) is 11.5 Å². The van der Waals surface area contributed by atoms with Crippen LogP contribution in [0.4, 0.5) is 5.69 Å². The number of anilines is 1. The number of benzene rings is 2. The van der Waals surface area contributed by atoms with Crippen molar-refractivity contribution in [2.75, 3.05) is 11.5 Å². The summed E-state index contributed by atoms with van der Waals surface area (Å²) in [7, 11) is 0. The molecule has 8 heteroatoms. The molecule has 0 saturated heterocycles. The number of nitrogens with zero attached hydrogens (tertiary/aromatic N) is 1. The van der Waals surface area contributed by atoms with Gasteiger partial charge in [0.1, 0.15) is 5.75 Å². The van der Waals surface area contributed by atoms with Crippen LogP contribution in [-0.2, 0) is 16.1 Å². The van der Waals surface area contributed by atoms with Gasteiger partial charge < -0.3 is 19.8 Å². The van der Waals surface area contributed by atoms with Gasteiger partial charge in [-0.1, -0.05) is 35.9 Å². The predicted molar refractivity (Wildman–Crippen MR) is 123 cm³/mol. The highest BCUT2D eigenvalue weighted by atomic mass is 32.1. The summed E-state index contributed by atoms with van der Waals surface area (Å²) in [4.78, 5) is 37.1. The minimum absolute atomic E-state index is 0.0471. The Balaban J connectivity index is 1.95. The minimum atomic E-state index is -1.18. The summed E-state index contributed by atoms with van der Waals surface area (Å²) in [5, 5.41) is 18.4. The number of hydrogen-bond donors (Lipinski definition) is 2. The van der Waals surface area contributed by atoms with Gasteiger partial charge in [0.05, 0.1) is 6.54 Å². The van der Waals surface area contributed by atoms with Crippen LogP contribution in [0.2, 0.25) is 0 Å². The Morgan fingerprint density at radius 3 is 2.31 bits per heavy atom. The molecule has 0 spiro atoms. The van der Waals surface area contributed by atoms with Crippen molar-refractivity contribution < 1.29 is 29.3 Å². The Hall–Kier alpha value is -3.65. The maximum atomic E-state index is 12.3. The summed E-state index contributed by atoms with van der Waals surface area (Å²) in [6.07, 6.45) is 0. The van der Waals surface area contributed by atoms with Crippen LogP contribution in [0.1, 0.15) is 33.3 Å². The monoisotopic (exact) mass is 453 g/mol. The average Bonchev–Trinajstić information content (AvgIpc) is 3.08. The Morgan fingerprint density at radius 2 is 1.72 bits per heavy atom. The zero-order valence-electron chi connectivity index (χ0n) is 17.9. The van der Waals surface area contributed by atoms with E-state index in [0.717, 1.165) is 33.7 Å². The average molecular weight is 454 g/mol. The number of carbonyl (C=O) groups is 3. The Kier molecular flexibility index (Phi) is 6.95. The van der Waals surface area contributed by atoms with Gasteiger partial charge in [-0.2, -0.15) is 0 Å². The number of aryl methyl sites for hydroxylation is 1. The lowest BCUT2D eigenvalue weighted by atomic mass is 10.1. The second kappa shape index (κ2) is 9.65. The zero-order chi connectivity index (χ0) is 23.4. The van der Waals surface area contributed by atoms with Gasteiger partial charge in [0.2, 0.25) is 5.91 Å². The smallest absolute Gasteiger partial charge is 0.349 e. The van der Waals surface area contributed by atoms with Crippen molar-refractivity contribution >= 4 is 34.9 Å². The molecule has 1 aromatic heterocycles. The summed E-state index contributed by atoms with van der Waals surface area (Å²) in [6.45, 7) is 4.93. The van der Waals surface area contributed by atoms with Crippen molar-refractivity contribution in [2.24, 2.45) is 0 Å². The van der Waals surface area contributed by atoms with E-state index in [9.17, 15) is 19.5 Å². The molecule has 7 nitrogen and oxygen atoms in total. The summed E-state index contributed by atoms with van der Waals surface area (Å²) in [6, 6.07) is 15.2. The van der Waals surface area contributed by atoms with Crippen LogP contribution in [0.3, 0.4) is 0 Å². The highest BCUT2D eigenvalue weighted by molar-refractivity contribution is 7.18. The number of carbonyl (C=O) groups excluding carboxylic acids is 1. The molecule has 2 aromatic carbocycles. The topological polar surface area (TPSA) is 104 Å². The molecule has 0 aliphatic rings. The molecule has 0 bridgehead atoms. The van der Waals surface area contributed by atoms with Gasteiger partial charge in [-0.3, -0.25) is 4.79 Å². The van der Waals surface area contributed by atoms with Gasteiger partial charge in [-0.15, -0.1) is 11.3 Å². The van der Waals surface area contributed by atoms with Crippen molar-refractivity contribution in [3.8, 4) is 16.2 Å². The molecular weight excluding hydrogens is 430 g/mol. The number of thiophene rings is 1. The van der Waals surface area contributed by atoms with Crippen LogP contribution in [0.15, 0.2) is 48.5 Å². The van der Waals surface area contributed by atoms with E-state index >= 15 is 0 Å². The van der Waals surface area contributed by atoms with Crippen molar-refractivity contribution in [2.45, 2.75) is 27.3 Å². The van der Waals surface area contributed by atoms with Crippen molar-refractivity contribution in [3.05, 3.63) is 70.1 Å². The number of hydrogen-bond acceptors (Lipinski definition) is 5. The van der Waals surface area contributed by atoms with E-state index in [1.165, 1.54) is 6.92 Å². The first-order valence-corrected chi connectivity index (χ1v) is 10.6. The van der Waals surface area contributed by atoms with Crippen molar-refractivity contribution in [3.63, 3.8) is 0 Å². The number of rotatable bonds is 8. The van der Waals surface area contributed by atoms with Gasteiger partial charge in [-0.25, -0.2) is 9.59 Å². The predicted octanol–water partition coefficient (Wildman–Crippen LogP) is 4.75. The molecule has 0 aliphatic heterocycles. The molecule has 0 unspecified atom stereocenters. The highest BCUT2D eigenvalue weighted by Crippen LogP contribution is 2.41. The number of amides is 1. The normalized spacial score (nSPS) is 10.6. The number of aliphatic carboxylic acids is 1. The maximum absolute atomic E-state index is 12.3. The summed E-state index contributed by atoms with van der Waals surface area (Å²) in [5.41, 5.74) is 4.09. The van der Waals surface area contributed by atoms with Gasteiger partial charge in [0.25, 0.3) is 0 Å². The van der Waals surface area contributed by atoms with E-state index in [1.807, 2.05) is 55.5 Å². The van der Waals surface area contributed by atoms with Gasteiger partial charge >= 0.3 is 11.9 Å². The van der Waals surface area contributed by atoms with Crippen molar-refractivity contribution in [1.29, 1.82) is 0 Å². The van der Waals surface area contributed by atoms with E-state index in [-0.39, 0.29) is 16.5 Å². The summed E-state index contributed by atoms with van der Waals surface area (Å²) >= 11 is 1.03. The minimum Gasteiger partial charge on any atom is -0.480 e. The fourth-order valence-corrected chi connectivity index (χ4v) is 4.41. The number of carboxylic acids is 2. The third kappa shape index (κ3) is 5.15. The first-order valence-electron chi connectivity index (χ1n) is 9.82. The van der Waals surface area contributed by atoms with E-state index in [0.29, 0.717) is 17.0 Å². The molecule has 2 N–H and O–H groups in total. The Labute approximate surface area is 189 Å². The van der Waals surface area contributed by atoms with Crippen LogP contribution < -0.4 is 9.64 Å². The summed E-state index contributed by atoms with van der Waals surface area (Å²) < 4.78 is 5.26. The molecule has 3 aromatic rings. The quantitative estimate of drug-likeness (QED) is 0.510. The lowest BCUT2D eigenvalue weighted by molar-refractivity contribution is -0.139. The Bertz CT molecular complexity index is 1170. The molecule has 0 saturated carbocycles. The van der Waals surface area contributed by atoms with Crippen LogP contribution in [0.5, 0.6) is 5.75 Å². The van der Waals surface area contributed by atoms with E-state index < -0.39 is 18.5 Å². The van der Waals surface area contributed by atoms with Crippen LogP contribution in [-0.4, -0.2) is 34.7 Å². The molecule has 0 atom stereocenters. The van der Waals surface area contributed by atoms with Crippen LogP contribution >= 0.6 is 11.3 Å². The number of carboxylic acid groups (broad SMARTS) is 2. The van der Waals surface area contributed by atoms with E-state index in [1.54, 1.807) is 11.8 Å². The van der Waals surface area contributed by atoms with Crippen molar-refractivity contribution in [1.82, 2.24) is 0 Å². The fourth-order valence-electron chi connectivity index (χ4n) is 3.32. The zero-order valence-corrected chi connectivity index (χ0v) is 18.7. The first kappa shape index (κ1) is 23.0. The molecule has 3 rings (SSSR count). The fraction of sp³-hybridized carbons (Fsp3) is 0.208. The highest BCUT2D eigenvalue weighted by Gasteiger charge is 2.23. The molecule has 1 amide bonds. The van der Waals surface area contributed by atoms with Crippen LogP contribution in [0, 0.1) is 13.8 Å². The maximum Gasteiger partial charge on any atom is 0.349 e. The molecular formula is C24H23NO6S. The molecule has 1 heterocycles. The second-order valence-electron chi connectivity index (χ2n) is 7.34. The SMILES string of the molecule is CC(=O)N(Cc1cccc(-c2sc(C(=O)O)c(OCC(=O)O)c2C)c1)c1ccc(C)cc1. The van der Waals surface area contributed by atoms with Crippen LogP contribution in [0.25, 0.3) is 10.4 Å². The number of ether oxygens (including phenoxy) is 1. The standard InChI is InChI=1S/C24H23NO6S/c1-14-7-9-19(10-8-14)25(16(3)26)12-17-5-4-6-18(11-17)22-15(2)21(31-13-20(27)28)23(32-22)24(29)30/h4-11H,12-13H2,1-3H3,(H,27,28)(H,29,30). The molecule has 0 aliphatic carbocycles. The largest absolute Gasteiger partial charge is 0.480 e. The molecule has 0 fully saturated rings. The van der Waals surface area contributed by atoms with Gasteiger partial charge in [0, 0.05) is 23.1 Å². The van der Waals surface area contributed by atoms with Gasteiger partial charge in [-0.05, 0) is 43.2 Å². The second-order valence-corrected chi connectivity index (χ2v) is 8.36. The summed E-state index contributed by atoms with van der Waals surface area (Å²) in [5.74, 6) is -2.39. The molecule has 32 heavy (non-hydrogen) atoms. The Morgan fingerprint density at radius 1 is 1.03 bits per heavy atom.